The number of likely N-dealkylation sites (tertiary alicyclic amines) is 1. The van der Waals surface area contributed by atoms with Crippen molar-refractivity contribution in [2.45, 2.75) is 35.8 Å². The zero-order valence-electron chi connectivity index (χ0n) is 12.0. The van der Waals surface area contributed by atoms with Gasteiger partial charge in [0.25, 0.3) is 0 Å². The van der Waals surface area contributed by atoms with Crippen LogP contribution in [0.5, 0.6) is 0 Å². The van der Waals surface area contributed by atoms with Gasteiger partial charge in [0.15, 0.2) is 4.34 Å². The minimum Gasteiger partial charge on any atom is -0.399 e. The highest BCUT2D eigenvalue weighted by atomic mass is 32.2. The lowest BCUT2D eigenvalue weighted by Gasteiger charge is -2.28. The predicted octanol–water partition coefficient (Wildman–Crippen LogP) is 3.37. The van der Waals surface area contributed by atoms with Crippen molar-refractivity contribution >= 4 is 44.9 Å². The fourth-order valence-electron chi connectivity index (χ4n) is 2.54. The third-order valence-corrected chi connectivity index (χ3v) is 5.89. The molecule has 6 heteroatoms. The summed E-state index contributed by atoms with van der Waals surface area (Å²) in [6, 6.07) is 5.73. The van der Waals surface area contributed by atoms with Crippen LogP contribution in [-0.2, 0) is 4.79 Å². The van der Waals surface area contributed by atoms with E-state index in [0.717, 1.165) is 46.2 Å². The SMILES string of the molecule is CC(Sc1nc2ccc(N)cc2s1)C(=O)N1CCCCC1. The number of nitrogen functional groups attached to an aromatic ring is 1. The second-order valence-electron chi connectivity index (χ2n) is 5.35. The quantitative estimate of drug-likeness (QED) is 0.695. The molecule has 2 heterocycles. The van der Waals surface area contributed by atoms with Gasteiger partial charge >= 0.3 is 0 Å². The summed E-state index contributed by atoms with van der Waals surface area (Å²) in [6.45, 7) is 3.78. The van der Waals surface area contributed by atoms with Crippen LogP contribution in [0.4, 0.5) is 5.69 Å². The van der Waals surface area contributed by atoms with Gasteiger partial charge in [0.1, 0.15) is 0 Å². The Hall–Kier alpha value is -1.27. The molecule has 1 saturated heterocycles. The van der Waals surface area contributed by atoms with Crippen LogP contribution in [0.3, 0.4) is 0 Å². The van der Waals surface area contributed by atoms with Gasteiger partial charge in [0, 0.05) is 18.8 Å². The maximum absolute atomic E-state index is 12.4. The lowest BCUT2D eigenvalue weighted by molar-refractivity contribution is -0.131. The van der Waals surface area contributed by atoms with E-state index < -0.39 is 0 Å². The molecule has 0 radical (unpaired) electrons. The zero-order chi connectivity index (χ0) is 14.8. The van der Waals surface area contributed by atoms with Crippen LogP contribution in [0.1, 0.15) is 26.2 Å². The van der Waals surface area contributed by atoms with Crippen LogP contribution in [0.15, 0.2) is 22.5 Å². The smallest absolute Gasteiger partial charge is 0.235 e. The molecule has 1 atom stereocenters. The average Bonchev–Trinajstić information content (AvgIpc) is 2.88. The summed E-state index contributed by atoms with van der Waals surface area (Å²) >= 11 is 3.16. The number of piperidine rings is 1. The van der Waals surface area contributed by atoms with Gasteiger partial charge in [-0.05, 0) is 44.4 Å². The van der Waals surface area contributed by atoms with E-state index in [2.05, 4.69) is 4.98 Å². The lowest BCUT2D eigenvalue weighted by Crippen LogP contribution is -2.40. The zero-order valence-corrected chi connectivity index (χ0v) is 13.7. The summed E-state index contributed by atoms with van der Waals surface area (Å²) in [5, 5.41) is -0.0824. The molecule has 1 aliphatic rings. The molecule has 1 aromatic heterocycles. The molecule has 2 N–H and O–H groups in total. The van der Waals surface area contributed by atoms with Crippen LogP contribution < -0.4 is 5.73 Å². The summed E-state index contributed by atoms with van der Waals surface area (Å²) < 4.78 is 2.02. The van der Waals surface area contributed by atoms with Crippen molar-refractivity contribution in [1.29, 1.82) is 0 Å². The highest BCUT2D eigenvalue weighted by Gasteiger charge is 2.23. The van der Waals surface area contributed by atoms with E-state index in [1.54, 1.807) is 23.1 Å². The Morgan fingerprint density at radius 3 is 2.90 bits per heavy atom. The summed E-state index contributed by atoms with van der Waals surface area (Å²) in [6.07, 6.45) is 3.50. The largest absolute Gasteiger partial charge is 0.399 e. The summed E-state index contributed by atoms with van der Waals surface area (Å²) in [4.78, 5) is 19.0. The van der Waals surface area contributed by atoms with E-state index in [1.807, 2.05) is 30.0 Å². The predicted molar refractivity (Wildman–Crippen MR) is 89.8 cm³/mol. The Morgan fingerprint density at radius 1 is 1.38 bits per heavy atom. The Morgan fingerprint density at radius 2 is 2.14 bits per heavy atom. The average molecular weight is 321 g/mol. The third kappa shape index (κ3) is 3.32. The number of aromatic nitrogens is 1. The number of carbonyl (C=O) groups excluding carboxylic acids is 1. The number of hydrogen-bond acceptors (Lipinski definition) is 5. The molecular formula is C15H19N3OS2. The van der Waals surface area contributed by atoms with Gasteiger partial charge in [-0.3, -0.25) is 4.79 Å². The molecule has 1 unspecified atom stereocenters. The van der Waals surface area contributed by atoms with Crippen molar-refractivity contribution < 1.29 is 4.79 Å². The molecular weight excluding hydrogens is 302 g/mol. The number of carbonyl (C=O) groups is 1. The topological polar surface area (TPSA) is 59.2 Å². The number of fused-ring (bicyclic) bond motifs is 1. The number of amides is 1. The fraction of sp³-hybridized carbons (Fsp3) is 0.467. The van der Waals surface area contributed by atoms with Crippen molar-refractivity contribution in [2.75, 3.05) is 18.8 Å². The lowest BCUT2D eigenvalue weighted by atomic mass is 10.1. The third-order valence-electron chi connectivity index (χ3n) is 3.69. The molecule has 3 rings (SSSR count). The minimum atomic E-state index is -0.0824. The van der Waals surface area contributed by atoms with Crippen molar-refractivity contribution in [3.05, 3.63) is 18.2 Å². The molecule has 1 aromatic carbocycles. The number of thiazole rings is 1. The van der Waals surface area contributed by atoms with Gasteiger partial charge in [-0.2, -0.15) is 0 Å². The van der Waals surface area contributed by atoms with Gasteiger partial charge in [-0.1, -0.05) is 11.8 Å². The van der Waals surface area contributed by atoms with E-state index in [0.29, 0.717) is 0 Å². The maximum Gasteiger partial charge on any atom is 0.235 e. The highest BCUT2D eigenvalue weighted by Crippen LogP contribution is 2.33. The van der Waals surface area contributed by atoms with E-state index in [9.17, 15) is 4.79 Å². The molecule has 1 fully saturated rings. The van der Waals surface area contributed by atoms with E-state index in [-0.39, 0.29) is 11.2 Å². The van der Waals surface area contributed by atoms with Crippen molar-refractivity contribution in [3.8, 4) is 0 Å². The first kappa shape index (κ1) is 14.7. The first-order chi connectivity index (χ1) is 10.1. The highest BCUT2D eigenvalue weighted by molar-refractivity contribution is 8.02. The Labute approximate surface area is 132 Å². The Bertz CT molecular complexity index is 649. The Balaban J connectivity index is 1.70. The normalized spacial score (nSPS) is 17.1. The number of rotatable bonds is 3. The van der Waals surface area contributed by atoms with Crippen LogP contribution in [0.25, 0.3) is 10.2 Å². The molecule has 1 amide bonds. The van der Waals surface area contributed by atoms with Gasteiger partial charge in [0.2, 0.25) is 5.91 Å². The molecule has 0 spiro atoms. The van der Waals surface area contributed by atoms with E-state index >= 15 is 0 Å². The number of nitrogens with two attached hydrogens (primary N) is 1. The van der Waals surface area contributed by atoms with Crippen LogP contribution in [-0.4, -0.2) is 34.1 Å². The fourth-order valence-corrected chi connectivity index (χ4v) is 4.89. The van der Waals surface area contributed by atoms with Crippen LogP contribution in [0, 0.1) is 0 Å². The van der Waals surface area contributed by atoms with E-state index in [4.69, 9.17) is 5.73 Å². The number of nitrogens with zero attached hydrogens (tertiary/aromatic N) is 2. The first-order valence-corrected chi connectivity index (χ1v) is 8.94. The second-order valence-corrected chi connectivity index (χ2v) is 7.97. The minimum absolute atomic E-state index is 0.0824. The molecule has 2 aromatic rings. The first-order valence-electron chi connectivity index (χ1n) is 7.25. The molecule has 0 aliphatic carbocycles. The molecule has 112 valence electrons. The summed E-state index contributed by atoms with van der Waals surface area (Å²) in [5.41, 5.74) is 7.49. The Kier molecular flexibility index (Phi) is 4.35. The van der Waals surface area contributed by atoms with Crippen molar-refractivity contribution in [2.24, 2.45) is 0 Å². The summed E-state index contributed by atoms with van der Waals surface area (Å²) in [7, 11) is 0. The second kappa shape index (κ2) is 6.23. The molecule has 0 bridgehead atoms. The summed E-state index contributed by atoms with van der Waals surface area (Å²) in [5.74, 6) is 0.235. The number of benzene rings is 1. The standard InChI is InChI=1S/C15H19N3OS2/c1-10(14(19)18-7-3-2-4-8-18)20-15-17-12-6-5-11(16)9-13(12)21-15/h5-6,9-10H,2-4,7-8,16H2,1H3. The van der Waals surface area contributed by atoms with Gasteiger partial charge in [0.05, 0.1) is 15.5 Å². The van der Waals surface area contributed by atoms with Crippen LogP contribution in [0.2, 0.25) is 0 Å². The molecule has 0 saturated carbocycles. The number of anilines is 1. The van der Waals surface area contributed by atoms with Crippen molar-refractivity contribution in [1.82, 2.24) is 9.88 Å². The molecule has 4 nitrogen and oxygen atoms in total. The van der Waals surface area contributed by atoms with Gasteiger partial charge < -0.3 is 10.6 Å². The van der Waals surface area contributed by atoms with Gasteiger partial charge in [-0.15, -0.1) is 11.3 Å². The molecule has 21 heavy (non-hydrogen) atoms. The van der Waals surface area contributed by atoms with Crippen LogP contribution >= 0.6 is 23.1 Å². The molecule has 1 aliphatic heterocycles. The maximum atomic E-state index is 12.4. The van der Waals surface area contributed by atoms with Gasteiger partial charge in [-0.25, -0.2) is 4.98 Å². The number of thioether (sulfide) groups is 1. The van der Waals surface area contributed by atoms with E-state index in [1.165, 1.54) is 6.42 Å². The van der Waals surface area contributed by atoms with Crippen molar-refractivity contribution in [3.63, 3.8) is 0 Å². The number of hydrogen-bond donors (Lipinski definition) is 1. The monoisotopic (exact) mass is 321 g/mol.